The summed E-state index contributed by atoms with van der Waals surface area (Å²) in [6, 6.07) is -1.17. The molecule has 0 bridgehead atoms. The standard InChI is InChI=1S/C42H81NO10/c1-3-5-7-9-11-13-15-16-17-18-20-21-23-25-27-29-34(45)37(47)33(32-52-42-40(50)39(49)38(48)36(31-44)53-42)43-41(51)35(46)30-28-26-24-22-19-14-12-10-8-6-4-2/h12,14,33-40,42,44-50H,3-11,13,15-32H2,1-2H3,(H,43,51)/b14-12-. The number of carbonyl (C=O) groups excluding carboxylic acids is 1. The number of aliphatic hydroxyl groups is 7. The highest BCUT2D eigenvalue weighted by Gasteiger charge is 2.44. The van der Waals surface area contributed by atoms with Crippen molar-refractivity contribution in [3.8, 4) is 0 Å². The lowest BCUT2D eigenvalue weighted by atomic mass is 9.98. The number of carbonyl (C=O) groups is 1. The van der Waals surface area contributed by atoms with Crippen molar-refractivity contribution >= 4 is 5.91 Å². The molecular weight excluding hydrogens is 678 g/mol. The first kappa shape index (κ1) is 49.9. The first-order chi connectivity index (χ1) is 25.7. The van der Waals surface area contributed by atoms with Gasteiger partial charge in [-0.3, -0.25) is 4.79 Å². The van der Waals surface area contributed by atoms with E-state index in [0.29, 0.717) is 19.3 Å². The van der Waals surface area contributed by atoms with E-state index in [9.17, 15) is 40.5 Å². The number of ether oxygens (including phenoxy) is 2. The Morgan fingerprint density at radius 2 is 1.09 bits per heavy atom. The first-order valence-electron chi connectivity index (χ1n) is 21.6. The van der Waals surface area contributed by atoms with Crippen LogP contribution in [-0.4, -0.2) is 110 Å². The van der Waals surface area contributed by atoms with Crippen LogP contribution in [0.2, 0.25) is 0 Å². The van der Waals surface area contributed by atoms with E-state index in [4.69, 9.17) is 9.47 Å². The number of amides is 1. The highest BCUT2D eigenvalue weighted by molar-refractivity contribution is 5.80. The average Bonchev–Trinajstić information content (AvgIpc) is 3.16. The van der Waals surface area contributed by atoms with E-state index in [1.54, 1.807) is 0 Å². The maximum absolute atomic E-state index is 13.0. The second-order valence-electron chi connectivity index (χ2n) is 15.4. The third-order valence-electron chi connectivity index (χ3n) is 10.6. The Morgan fingerprint density at radius 3 is 1.62 bits per heavy atom. The van der Waals surface area contributed by atoms with Crippen molar-refractivity contribution in [3.63, 3.8) is 0 Å². The molecule has 11 heteroatoms. The third-order valence-corrected chi connectivity index (χ3v) is 10.6. The monoisotopic (exact) mass is 760 g/mol. The molecule has 0 aromatic rings. The largest absolute Gasteiger partial charge is 0.394 e. The summed E-state index contributed by atoms with van der Waals surface area (Å²) < 4.78 is 11.0. The minimum atomic E-state index is -1.66. The van der Waals surface area contributed by atoms with E-state index < -0.39 is 74.2 Å². The van der Waals surface area contributed by atoms with E-state index in [1.807, 2.05) is 0 Å². The van der Waals surface area contributed by atoms with Gasteiger partial charge in [0.05, 0.1) is 25.4 Å². The summed E-state index contributed by atoms with van der Waals surface area (Å²) in [6.07, 6.45) is 21.2. The van der Waals surface area contributed by atoms with Crippen LogP contribution >= 0.6 is 0 Å². The molecule has 1 aliphatic heterocycles. The van der Waals surface area contributed by atoms with Crippen molar-refractivity contribution < 1.29 is 50.0 Å². The molecule has 0 aromatic carbocycles. The number of rotatable bonds is 35. The zero-order chi connectivity index (χ0) is 39.1. The third kappa shape index (κ3) is 23.5. The highest BCUT2D eigenvalue weighted by Crippen LogP contribution is 2.23. The summed E-state index contributed by atoms with van der Waals surface area (Å²) in [5.74, 6) is -0.708. The second kappa shape index (κ2) is 33.0. The van der Waals surface area contributed by atoms with Gasteiger partial charge in [0.1, 0.15) is 36.6 Å². The lowest BCUT2D eigenvalue weighted by molar-refractivity contribution is -0.303. The van der Waals surface area contributed by atoms with Crippen molar-refractivity contribution in [2.45, 2.75) is 236 Å². The van der Waals surface area contributed by atoms with Gasteiger partial charge >= 0.3 is 0 Å². The molecule has 0 saturated carbocycles. The molecule has 0 radical (unpaired) electrons. The molecule has 1 saturated heterocycles. The van der Waals surface area contributed by atoms with Crippen LogP contribution in [0.4, 0.5) is 0 Å². The fourth-order valence-electron chi connectivity index (χ4n) is 6.90. The quantitative estimate of drug-likeness (QED) is 0.0277. The van der Waals surface area contributed by atoms with Gasteiger partial charge in [0.2, 0.25) is 5.91 Å². The van der Waals surface area contributed by atoms with Crippen molar-refractivity contribution in [1.29, 1.82) is 0 Å². The predicted molar refractivity (Wildman–Crippen MR) is 210 cm³/mol. The Morgan fingerprint density at radius 1 is 0.642 bits per heavy atom. The number of hydrogen-bond donors (Lipinski definition) is 8. The van der Waals surface area contributed by atoms with E-state index in [-0.39, 0.29) is 6.42 Å². The molecule has 0 aliphatic carbocycles. The fraction of sp³-hybridized carbons (Fsp3) is 0.929. The van der Waals surface area contributed by atoms with Crippen molar-refractivity contribution in [2.24, 2.45) is 0 Å². The SMILES string of the molecule is CCCCC/C=C\CCCCCCC(O)C(=O)NC(COC1OC(CO)C(O)C(O)C1O)C(O)C(O)CCCCCCCCCCCCCCCCC. The zero-order valence-corrected chi connectivity index (χ0v) is 33.5. The summed E-state index contributed by atoms with van der Waals surface area (Å²) in [4.78, 5) is 13.0. The fourth-order valence-corrected chi connectivity index (χ4v) is 6.90. The van der Waals surface area contributed by atoms with E-state index in [2.05, 4.69) is 31.3 Å². The molecular formula is C42H81NO10. The summed E-state index contributed by atoms with van der Waals surface area (Å²) in [5.41, 5.74) is 0. The number of allylic oxidation sites excluding steroid dienone is 2. The van der Waals surface area contributed by atoms with Gasteiger partial charge < -0.3 is 50.5 Å². The van der Waals surface area contributed by atoms with Gasteiger partial charge in [-0.2, -0.15) is 0 Å². The van der Waals surface area contributed by atoms with Gasteiger partial charge in [0, 0.05) is 0 Å². The summed E-state index contributed by atoms with van der Waals surface area (Å²) in [5, 5.41) is 75.4. The Hall–Kier alpha value is -1.15. The molecule has 9 atom stereocenters. The Kier molecular flexibility index (Phi) is 31.1. The van der Waals surface area contributed by atoms with Crippen LogP contribution in [0.1, 0.15) is 181 Å². The maximum atomic E-state index is 13.0. The lowest BCUT2D eigenvalue weighted by Gasteiger charge is -2.40. The first-order valence-corrected chi connectivity index (χ1v) is 21.6. The zero-order valence-electron chi connectivity index (χ0n) is 33.5. The molecule has 53 heavy (non-hydrogen) atoms. The van der Waals surface area contributed by atoms with Crippen LogP contribution in [-0.2, 0) is 14.3 Å². The van der Waals surface area contributed by atoms with Crippen molar-refractivity contribution in [2.75, 3.05) is 13.2 Å². The molecule has 1 amide bonds. The van der Waals surface area contributed by atoms with Crippen LogP contribution in [0.5, 0.6) is 0 Å². The Labute approximate surface area is 322 Å². The van der Waals surface area contributed by atoms with Gasteiger partial charge in [0.25, 0.3) is 0 Å². The molecule has 1 fully saturated rings. The summed E-state index contributed by atoms with van der Waals surface area (Å²) in [6.45, 7) is 3.39. The molecule has 8 N–H and O–H groups in total. The van der Waals surface area contributed by atoms with E-state index in [1.165, 1.54) is 89.9 Å². The predicted octanol–water partition coefficient (Wildman–Crippen LogP) is 6.11. The Balaban J connectivity index is 2.51. The molecule has 314 valence electrons. The molecule has 1 rings (SSSR count). The smallest absolute Gasteiger partial charge is 0.249 e. The lowest BCUT2D eigenvalue weighted by Crippen LogP contribution is -2.60. The molecule has 1 aliphatic rings. The number of unbranched alkanes of at least 4 members (excludes halogenated alkanes) is 21. The van der Waals surface area contributed by atoms with Gasteiger partial charge in [-0.05, 0) is 38.5 Å². The minimum Gasteiger partial charge on any atom is -0.394 e. The summed E-state index contributed by atoms with van der Waals surface area (Å²) >= 11 is 0. The number of aliphatic hydroxyl groups excluding tert-OH is 7. The minimum absolute atomic E-state index is 0.247. The molecule has 9 unspecified atom stereocenters. The van der Waals surface area contributed by atoms with E-state index in [0.717, 1.165) is 51.4 Å². The normalized spacial score (nSPS) is 22.9. The molecule has 0 aromatic heterocycles. The number of hydrogen-bond acceptors (Lipinski definition) is 10. The van der Waals surface area contributed by atoms with Crippen LogP contribution in [0.3, 0.4) is 0 Å². The topological polar surface area (TPSA) is 189 Å². The van der Waals surface area contributed by atoms with Gasteiger partial charge in [-0.25, -0.2) is 0 Å². The maximum Gasteiger partial charge on any atom is 0.249 e. The van der Waals surface area contributed by atoms with Crippen LogP contribution in [0, 0.1) is 0 Å². The Bertz CT molecular complexity index is 877. The molecule has 0 spiro atoms. The highest BCUT2D eigenvalue weighted by atomic mass is 16.7. The van der Waals surface area contributed by atoms with Gasteiger partial charge in [0.15, 0.2) is 6.29 Å². The van der Waals surface area contributed by atoms with Crippen LogP contribution in [0.25, 0.3) is 0 Å². The van der Waals surface area contributed by atoms with Crippen LogP contribution in [0.15, 0.2) is 12.2 Å². The average molecular weight is 760 g/mol. The van der Waals surface area contributed by atoms with E-state index >= 15 is 0 Å². The molecule has 1 heterocycles. The molecule has 11 nitrogen and oxygen atoms in total. The number of nitrogens with one attached hydrogen (secondary N) is 1. The second-order valence-corrected chi connectivity index (χ2v) is 15.4. The van der Waals surface area contributed by atoms with Gasteiger partial charge in [-0.15, -0.1) is 0 Å². The van der Waals surface area contributed by atoms with Crippen molar-refractivity contribution in [3.05, 3.63) is 12.2 Å². The van der Waals surface area contributed by atoms with Crippen molar-refractivity contribution in [1.82, 2.24) is 5.32 Å². The van der Waals surface area contributed by atoms with Gasteiger partial charge in [-0.1, -0.05) is 154 Å². The summed E-state index contributed by atoms with van der Waals surface area (Å²) in [7, 11) is 0. The van der Waals surface area contributed by atoms with Crippen LogP contribution < -0.4 is 5.32 Å².